The summed E-state index contributed by atoms with van der Waals surface area (Å²) >= 11 is 5.92. The Hall–Kier alpha value is -1.38. The van der Waals surface area contributed by atoms with Gasteiger partial charge in [-0.3, -0.25) is 4.98 Å². The fourth-order valence-corrected chi connectivity index (χ4v) is 2.35. The summed E-state index contributed by atoms with van der Waals surface area (Å²) in [7, 11) is 0. The minimum atomic E-state index is -0.991. The number of hydrogen-bond donors (Lipinski definition) is 1. The largest absolute Gasteiger partial charge is 0.380 e. The molecular weight excluding hydrogens is 258 g/mol. The van der Waals surface area contributed by atoms with Gasteiger partial charge in [0.05, 0.1) is 0 Å². The van der Waals surface area contributed by atoms with Crippen molar-refractivity contribution in [3.63, 3.8) is 0 Å². The Morgan fingerprint density at radius 2 is 1.89 bits per heavy atom. The monoisotopic (exact) mass is 275 g/mol. The highest BCUT2D eigenvalue weighted by atomic mass is 35.5. The number of aliphatic hydroxyl groups is 1. The number of halogens is 1. The fourth-order valence-electron chi connectivity index (χ4n) is 2.22. The molecule has 0 amide bonds. The summed E-state index contributed by atoms with van der Waals surface area (Å²) in [6.07, 6.45) is 6.11. The van der Waals surface area contributed by atoms with Gasteiger partial charge in [0.1, 0.15) is 5.60 Å². The molecule has 0 bridgehead atoms. The molecule has 0 saturated heterocycles. The van der Waals surface area contributed by atoms with E-state index in [9.17, 15) is 5.11 Å². The average Bonchev–Trinajstić information content (AvgIpc) is 2.46. The Labute approximate surface area is 119 Å². The first-order valence-electron chi connectivity index (χ1n) is 6.56. The van der Waals surface area contributed by atoms with Crippen molar-refractivity contribution in [3.8, 4) is 0 Å². The number of nitrogens with zero attached hydrogens (tertiary/aromatic N) is 1. The third-order valence-electron chi connectivity index (χ3n) is 3.35. The average molecular weight is 276 g/mol. The molecule has 0 aliphatic carbocycles. The van der Waals surface area contributed by atoms with Gasteiger partial charge in [-0.05, 0) is 30.2 Å². The van der Waals surface area contributed by atoms with Crippen LogP contribution in [0.5, 0.6) is 0 Å². The molecule has 1 unspecified atom stereocenters. The molecule has 2 rings (SSSR count). The van der Waals surface area contributed by atoms with Gasteiger partial charge in [-0.15, -0.1) is 0 Å². The maximum Gasteiger partial charge on any atom is 0.116 e. The molecule has 1 atom stereocenters. The first-order valence-corrected chi connectivity index (χ1v) is 6.93. The smallest absolute Gasteiger partial charge is 0.116 e. The second-order valence-electron chi connectivity index (χ2n) is 4.71. The molecule has 1 aromatic heterocycles. The van der Waals surface area contributed by atoms with E-state index in [0.717, 1.165) is 24.0 Å². The van der Waals surface area contributed by atoms with E-state index in [2.05, 4.69) is 11.9 Å². The van der Waals surface area contributed by atoms with Crippen molar-refractivity contribution in [1.82, 2.24) is 4.98 Å². The van der Waals surface area contributed by atoms with E-state index in [1.165, 1.54) is 0 Å². The molecule has 2 nitrogen and oxygen atoms in total. The second kappa shape index (κ2) is 6.18. The molecule has 1 aromatic carbocycles. The summed E-state index contributed by atoms with van der Waals surface area (Å²) in [5.41, 5.74) is 0.693. The van der Waals surface area contributed by atoms with Crippen LogP contribution >= 0.6 is 11.6 Å². The van der Waals surface area contributed by atoms with Crippen LogP contribution in [0.1, 0.15) is 37.3 Å². The third-order valence-corrected chi connectivity index (χ3v) is 3.60. The first kappa shape index (κ1) is 14.0. The number of unbranched alkanes of at least 4 members (excludes halogenated alkanes) is 1. The number of benzene rings is 1. The van der Waals surface area contributed by atoms with Crippen LogP contribution in [-0.4, -0.2) is 10.1 Å². The topological polar surface area (TPSA) is 33.1 Å². The van der Waals surface area contributed by atoms with Crippen molar-refractivity contribution >= 4 is 11.6 Å². The lowest BCUT2D eigenvalue weighted by molar-refractivity contribution is 0.0681. The third kappa shape index (κ3) is 3.14. The van der Waals surface area contributed by atoms with Crippen LogP contribution in [0.25, 0.3) is 0 Å². The molecule has 0 spiro atoms. The van der Waals surface area contributed by atoms with Crippen molar-refractivity contribution < 1.29 is 5.11 Å². The summed E-state index contributed by atoms with van der Waals surface area (Å²) in [6, 6.07) is 11.1. The van der Waals surface area contributed by atoms with Crippen LogP contribution in [0.4, 0.5) is 0 Å². The Bertz CT molecular complexity index is 512. The van der Waals surface area contributed by atoms with Gasteiger partial charge in [-0.25, -0.2) is 0 Å². The number of aromatic nitrogens is 1. The minimum Gasteiger partial charge on any atom is -0.380 e. The van der Waals surface area contributed by atoms with E-state index in [4.69, 9.17) is 11.6 Å². The van der Waals surface area contributed by atoms with Crippen LogP contribution < -0.4 is 0 Å². The maximum atomic E-state index is 11.1. The Kier molecular flexibility index (Phi) is 4.56. The lowest BCUT2D eigenvalue weighted by atomic mass is 9.83. The van der Waals surface area contributed by atoms with Crippen LogP contribution in [0.15, 0.2) is 48.8 Å². The van der Waals surface area contributed by atoms with Gasteiger partial charge in [-0.2, -0.15) is 0 Å². The van der Waals surface area contributed by atoms with Gasteiger partial charge in [0.2, 0.25) is 0 Å². The lowest BCUT2D eigenvalue weighted by Gasteiger charge is -2.29. The highest BCUT2D eigenvalue weighted by Crippen LogP contribution is 2.34. The quantitative estimate of drug-likeness (QED) is 0.889. The van der Waals surface area contributed by atoms with Crippen molar-refractivity contribution in [2.75, 3.05) is 0 Å². The zero-order valence-electron chi connectivity index (χ0n) is 11.0. The van der Waals surface area contributed by atoms with Crippen LogP contribution in [-0.2, 0) is 5.60 Å². The molecule has 19 heavy (non-hydrogen) atoms. The summed E-state index contributed by atoms with van der Waals surface area (Å²) in [5, 5.41) is 11.8. The van der Waals surface area contributed by atoms with E-state index >= 15 is 0 Å². The molecule has 0 aliphatic rings. The molecule has 2 aromatic rings. The predicted octanol–water partition coefficient (Wildman–Crippen LogP) is 4.16. The zero-order valence-corrected chi connectivity index (χ0v) is 11.8. The Morgan fingerprint density at radius 1 is 1.16 bits per heavy atom. The van der Waals surface area contributed by atoms with E-state index < -0.39 is 5.60 Å². The molecular formula is C16H18ClNO. The summed E-state index contributed by atoms with van der Waals surface area (Å²) in [6.45, 7) is 2.12. The Balaban J connectivity index is 2.42. The Morgan fingerprint density at radius 3 is 2.47 bits per heavy atom. The van der Waals surface area contributed by atoms with E-state index in [-0.39, 0.29) is 0 Å². The molecule has 1 N–H and O–H groups in total. The van der Waals surface area contributed by atoms with Crippen LogP contribution in [0.2, 0.25) is 5.02 Å². The molecule has 0 saturated carbocycles. The van der Waals surface area contributed by atoms with E-state index in [0.29, 0.717) is 11.4 Å². The second-order valence-corrected chi connectivity index (χ2v) is 5.15. The summed E-state index contributed by atoms with van der Waals surface area (Å²) in [5.74, 6) is 0. The van der Waals surface area contributed by atoms with Crippen molar-refractivity contribution in [2.24, 2.45) is 0 Å². The first-order chi connectivity index (χ1) is 9.16. The number of hydrogen-bond acceptors (Lipinski definition) is 2. The van der Waals surface area contributed by atoms with Gasteiger partial charge < -0.3 is 5.11 Å². The maximum absolute atomic E-state index is 11.1. The van der Waals surface area contributed by atoms with E-state index in [1.54, 1.807) is 12.4 Å². The highest BCUT2D eigenvalue weighted by molar-refractivity contribution is 6.30. The molecule has 0 fully saturated rings. The molecule has 3 heteroatoms. The lowest BCUT2D eigenvalue weighted by Crippen LogP contribution is -2.27. The molecule has 100 valence electrons. The van der Waals surface area contributed by atoms with Crippen molar-refractivity contribution in [2.45, 2.75) is 31.8 Å². The molecule has 0 aliphatic heterocycles. The van der Waals surface area contributed by atoms with Gasteiger partial charge in [0.25, 0.3) is 0 Å². The van der Waals surface area contributed by atoms with Crippen LogP contribution in [0.3, 0.4) is 0 Å². The summed E-state index contributed by atoms with van der Waals surface area (Å²) < 4.78 is 0. The highest BCUT2D eigenvalue weighted by Gasteiger charge is 2.30. The van der Waals surface area contributed by atoms with Crippen molar-refractivity contribution in [1.29, 1.82) is 0 Å². The fraction of sp³-hybridized carbons (Fsp3) is 0.312. The normalized spacial score (nSPS) is 14.1. The van der Waals surface area contributed by atoms with Crippen LogP contribution in [0, 0.1) is 0 Å². The zero-order chi connectivity index (χ0) is 13.7. The predicted molar refractivity (Wildman–Crippen MR) is 78.2 cm³/mol. The van der Waals surface area contributed by atoms with Gasteiger partial charge >= 0.3 is 0 Å². The standard InChI is InChI=1S/C16H18ClNO/c1-2-3-10-16(19,14-5-4-11-18-12-14)13-6-8-15(17)9-7-13/h4-9,11-12,19H,2-3,10H2,1H3. The number of rotatable bonds is 5. The van der Waals surface area contributed by atoms with Crippen molar-refractivity contribution in [3.05, 3.63) is 64.9 Å². The molecule has 1 heterocycles. The van der Waals surface area contributed by atoms with Gasteiger partial charge in [0.15, 0.2) is 0 Å². The molecule has 0 radical (unpaired) electrons. The van der Waals surface area contributed by atoms with E-state index in [1.807, 2.05) is 36.4 Å². The number of pyridine rings is 1. The van der Waals surface area contributed by atoms with Gasteiger partial charge in [-0.1, -0.05) is 49.6 Å². The summed E-state index contributed by atoms with van der Waals surface area (Å²) in [4.78, 5) is 4.12. The minimum absolute atomic E-state index is 0.674. The van der Waals surface area contributed by atoms with Gasteiger partial charge in [0, 0.05) is 23.0 Å². The SMILES string of the molecule is CCCCC(O)(c1ccc(Cl)cc1)c1cccnc1.